The van der Waals surface area contributed by atoms with Crippen LogP contribution in [0.25, 0.3) is 22.9 Å². The van der Waals surface area contributed by atoms with Crippen LogP contribution in [0.4, 0.5) is 17.3 Å². The second-order valence-corrected chi connectivity index (χ2v) is 10.0. The number of aliphatic hydroxyl groups is 1. The summed E-state index contributed by atoms with van der Waals surface area (Å²) in [4.78, 5) is 13.5. The van der Waals surface area contributed by atoms with Gasteiger partial charge < -0.3 is 29.5 Å². The van der Waals surface area contributed by atoms with E-state index in [9.17, 15) is 5.11 Å². The molecular formula is C29H28BN7O4. The molecule has 0 saturated carbocycles. The van der Waals surface area contributed by atoms with Crippen LogP contribution in [0, 0.1) is 0 Å². The van der Waals surface area contributed by atoms with E-state index in [2.05, 4.69) is 30.8 Å². The highest BCUT2D eigenvalue weighted by Gasteiger charge is 2.43. The quantitative estimate of drug-likeness (QED) is 0.229. The Labute approximate surface area is 237 Å². The summed E-state index contributed by atoms with van der Waals surface area (Å²) >= 11 is 0. The van der Waals surface area contributed by atoms with E-state index in [1.807, 2.05) is 68.4 Å². The number of benzene rings is 1. The minimum atomic E-state index is -0.605. The molecule has 5 heterocycles. The highest BCUT2D eigenvalue weighted by molar-refractivity contribution is 6.63. The van der Waals surface area contributed by atoms with Crippen molar-refractivity contribution in [3.8, 4) is 22.9 Å². The van der Waals surface area contributed by atoms with Gasteiger partial charge in [-0.3, -0.25) is 4.98 Å². The van der Waals surface area contributed by atoms with Crippen molar-refractivity contribution in [2.45, 2.75) is 25.5 Å². The predicted molar refractivity (Wildman–Crippen MR) is 155 cm³/mol. The van der Waals surface area contributed by atoms with Gasteiger partial charge in [0.15, 0.2) is 0 Å². The topological polar surface area (TPSA) is 140 Å². The van der Waals surface area contributed by atoms with Crippen molar-refractivity contribution < 1.29 is 18.8 Å². The molecule has 6 rings (SSSR count). The van der Waals surface area contributed by atoms with Crippen molar-refractivity contribution in [1.29, 1.82) is 0 Å². The zero-order valence-corrected chi connectivity index (χ0v) is 22.8. The van der Waals surface area contributed by atoms with Crippen LogP contribution < -0.4 is 16.1 Å². The number of nitrogens with zero attached hydrogens (tertiary/aromatic N) is 5. The Morgan fingerprint density at radius 1 is 1.00 bits per heavy atom. The van der Waals surface area contributed by atoms with E-state index >= 15 is 0 Å². The Bertz CT molecular complexity index is 1650. The Balaban J connectivity index is 1.35. The van der Waals surface area contributed by atoms with E-state index in [0.717, 1.165) is 16.7 Å². The molecule has 0 spiro atoms. The average Bonchev–Trinajstić information content (AvgIpc) is 3.59. The van der Waals surface area contributed by atoms with Gasteiger partial charge in [0, 0.05) is 37.2 Å². The fourth-order valence-corrected chi connectivity index (χ4v) is 4.76. The molecule has 0 radical (unpaired) electrons. The summed E-state index contributed by atoms with van der Waals surface area (Å²) in [5, 5.41) is 25.4. The van der Waals surface area contributed by atoms with Crippen molar-refractivity contribution >= 4 is 29.9 Å². The van der Waals surface area contributed by atoms with Gasteiger partial charge in [0.25, 0.3) is 5.89 Å². The van der Waals surface area contributed by atoms with E-state index < -0.39 is 18.8 Å². The first kappa shape index (κ1) is 26.6. The summed E-state index contributed by atoms with van der Waals surface area (Å²) in [6.07, 6.45) is 4.98. The van der Waals surface area contributed by atoms with Crippen molar-refractivity contribution in [3.05, 3.63) is 90.5 Å². The number of aromatic nitrogens is 5. The maximum atomic E-state index is 10.3. The second-order valence-electron chi connectivity index (χ2n) is 10.0. The Morgan fingerprint density at radius 3 is 2.59 bits per heavy atom. The molecule has 1 aliphatic heterocycles. The van der Waals surface area contributed by atoms with Crippen LogP contribution in [0.2, 0.25) is 0 Å². The molecular weight excluding hydrogens is 521 g/mol. The molecule has 206 valence electrons. The van der Waals surface area contributed by atoms with E-state index in [1.165, 1.54) is 0 Å². The van der Waals surface area contributed by atoms with E-state index in [1.54, 1.807) is 31.8 Å². The fraction of sp³-hybridized carbons (Fsp3) is 0.207. The third-order valence-corrected chi connectivity index (χ3v) is 6.80. The predicted octanol–water partition coefficient (Wildman–Crippen LogP) is 4.08. The lowest BCUT2D eigenvalue weighted by atomic mass is 9.80. The third-order valence-electron chi connectivity index (χ3n) is 6.80. The molecule has 0 fully saturated rings. The van der Waals surface area contributed by atoms with Crippen LogP contribution in [0.1, 0.15) is 31.1 Å². The van der Waals surface area contributed by atoms with Crippen molar-refractivity contribution in [3.63, 3.8) is 0 Å². The van der Waals surface area contributed by atoms with E-state index in [-0.39, 0.29) is 12.5 Å². The molecule has 5 aromatic rings. The van der Waals surface area contributed by atoms with Crippen LogP contribution in [0.15, 0.2) is 83.7 Å². The summed E-state index contributed by atoms with van der Waals surface area (Å²) in [6, 6.07) is 18.6. The molecule has 41 heavy (non-hydrogen) atoms. The largest absolute Gasteiger partial charge is 0.496 e. The number of rotatable bonds is 9. The first-order chi connectivity index (χ1) is 19.9. The van der Waals surface area contributed by atoms with Crippen LogP contribution in [0.3, 0.4) is 0 Å². The molecule has 3 N–H and O–H groups in total. The van der Waals surface area contributed by atoms with Crippen LogP contribution in [-0.4, -0.2) is 51.1 Å². The lowest BCUT2D eigenvalue weighted by molar-refractivity contribution is 0.0895. The van der Waals surface area contributed by atoms with Crippen LogP contribution in [-0.2, 0) is 14.9 Å². The molecule has 0 aliphatic carbocycles. The smallest absolute Gasteiger partial charge is 0.416 e. The average molecular weight is 549 g/mol. The molecule has 0 bridgehead atoms. The van der Waals surface area contributed by atoms with Crippen molar-refractivity contribution in [2.75, 3.05) is 24.4 Å². The van der Waals surface area contributed by atoms with Gasteiger partial charge in [0.1, 0.15) is 11.6 Å². The fourth-order valence-electron chi connectivity index (χ4n) is 4.76. The minimum Gasteiger partial charge on any atom is -0.416 e. The maximum Gasteiger partial charge on any atom is 0.496 e. The molecule has 1 aromatic carbocycles. The number of hydrogen-bond acceptors (Lipinski definition) is 11. The first-order valence-electron chi connectivity index (χ1n) is 13.1. The number of fused-ring (bicyclic) bond motifs is 1. The molecule has 0 amide bonds. The molecule has 1 atom stereocenters. The van der Waals surface area contributed by atoms with Gasteiger partial charge in [0.2, 0.25) is 5.89 Å². The minimum absolute atomic E-state index is 0.137. The van der Waals surface area contributed by atoms with Crippen LogP contribution in [0.5, 0.6) is 0 Å². The highest BCUT2D eigenvalue weighted by Crippen LogP contribution is 2.34. The lowest BCUT2D eigenvalue weighted by Gasteiger charge is -2.21. The normalized spacial score (nSPS) is 14.5. The van der Waals surface area contributed by atoms with E-state index in [4.69, 9.17) is 18.7 Å². The Hall–Kier alpha value is -4.65. The molecule has 0 saturated heterocycles. The van der Waals surface area contributed by atoms with Gasteiger partial charge in [-0.25, -0.2) is 9.97 Å². The maximum absolute atomic E-state index is 10.3. The highest BCUT2D eigenvalue weighted by atomic mass is 16.6. The third kappa shape index (κ3) is 5.40. The molecule has 12 heteroatoms. The zero-order chi connectivity index (χ0) is 28.4. The Kier molecular flexibility index (Phi) is 7.18. The Morgan fingerprint density at radius 2 is 1.83 bits per heavy atom. The number of hydrogen-bond donors (Lipinski definition) is 3. The summed E-state index contributed by atoms with van der Waals surface area (Å²) in [7, 11) is 1.15. The SMILES string of the molecule is COB1OC(C)(C)c2nc(Nc3cc(N[C@H](CO)c4ccccc4)c(-c4nnc(-c5cccnc5)o4)cn3)ccc21. The van der Waals surface area contributed by atoms with Crippen molar-refractivity contribution in [2.24, 2.45) is 0 Å². The second kappa shape index (κ2) is 11.1. The van der Waals surface area contributed by atoms with Gasteiger partial charge >= 0.3 is 7.12 Å². The molecule has 4 aromatic heterocycles. The van der Waals surface area contributed by atoms with Gasteiger partial charge in [-0.2, -0.15) is 0 Å². The zero-order valence-electron chi connectivity index (χ0n) is 22.8. The van der Waals surface area contributed by atoms with Gasteiger partial charge in [-0.1, -0.05) is 36.4 Å². The van der Waals surface area contributed by atoms with Gasteiger partial charge in [-0.15, -0.1) is 10.2 Å². The lowest BCUT2D eigenvalue weighted by Crippen LogP contribution is -2.31. The standard InChI is InChI=1S/C29H28BN7O4/c1-29(2)26-21(30(39-3)41-29)11-12-24(35-26)34-25-14-22(33-23(17-38)18-8-5-4-6-9-18)20(16-32-25)28-37-36-27(40-28)19-10-7-13-31-15-19/h4-16,23,38H,17H2,1-3H3,(H2,32,33,34,35)/t23-/m1/s1. The van der Waals surface area contributed by atoms with Gasteiger partial charge in [-0.05, 0) is 37.6 Å². The van der Waals surface area contributed by atoms with Crippen molar-refractivity contribution in [1.82, 2.24) is 25.1 Å². The summed E-state index contributed by atoms with van der Waals surface area (Å²) < 4.78 is 17.5. The summed E-state index contributed by atoms with van der Waals surface area (Å²) in [5.74, 6) is 1.74. The summed E-state index contributed by atoms with van der Waals surface area (Å²) in [6.45, 7) is 3.78. The molecule has 11 nitrogen and oxygen atoms in total. The number of aliphatic hydroxyl groups excluding tert-OH is 1. The monoisotopic (exact) mass is 549 g/mol. The first-order valence-corrected chi connectivity index (χ1v) is 13.1. The molecule has 1 aliphatic rings. The van der Waals surface area contributed by atoms with Gasteiger partial charge in [0.05, 0.1) is 40.8 Å². The number of pyridine rings is 3. The number of nitrogens with one attached hydrogen (secondary N) is 2. The van der Waals surface area contributed by atoms with Crippen LogP contribution >= 0.6 is 0 Å². The number of anilines is 3. The van der Waals surface area contributed by atoms with E-state index in [0.29, 0.717) is 34.3 Å². The molecule has 0 unspecified atom stereocenters. The summed E-state index contributed by atoms with van der Waals surface area (Å²) in [5.41, 5.74) is 3.92.